The van der Waals surface area contributed by atoms with Crippen LogP contribution >= 0.6 is 23.2 Å². The van der Waals surface area contributed by atoms with Gasteiger partial charge in [0.05, 0.1) is 22.0 Å². The monoisotopic (exact) mass is 513 g/mol. The summed E-state index contributed by atoms with van der Waals surface area (Å²) in [5, 5.41) is 3.27. The number of carbonyl (C=O) groups is 2. The first kappa shape index (κ1) is 27.0. The van der Waals surface area contributed by atoms with Gasteiger partial charge in [0, 0.05) is 13.6 Å². The fourth-order valence-corrected chi connectivity index (χ4v) is 4.98. The van der Waals surface area contributed by atoms with Crippen molar-refractivity contribution in [2.75, 3.05) is 24.2 Å². The zero-order chi connectivity index (χ0) is 24.9. The highest BCUT2D eigenvalue weighted by atomic mass is 35.5. The van der Waals surface area contributed by atoms with Gasteiger partial charge < -0.3 is 10.2 Å². The van der Waals surface area contributed by atoms with E-state index >= 15 is 0 Å². The summed E-state index contributed by atoms with van der Waals surface area (Å²) in [5.74, 6) is -0.853. The Labute approximate surface area is 205 Å². The van der Waals surface area contributed by atoms with Gasteiger partial charge in [0.25, 0.3) is 0 Å². The Morgan fingerprint density at radius 2 is 1.67 bits per heavy atom. The molecule has 10 heteroatoms. The summed E-state index contributed by atoms with van der Waals surface area (Å²) in [6.45, 7) is 4.98. The molecule has 0 heterocycles. The average Bonchev–Trinajstić information content (AvgIpc) is 2.74. The number of carbonyl (C=O) groups excluding carboxylic acids is 2. The van der Waals surface area contributed by atoms with Gasteiger partial charge in [0.1, 0.15) is 12.6 Å². The smallest absolute Gasteiger partial charge is 0.244 e. The topological polar surface area (TPSA) is 86.8 Å². The number of benzene rings is 2. The number of para-hydroxylation sites is 1. The van der Waals surface area contributed by atoms with Gasteiger partial charge in [-0.2, -0.15) is 0 Å². The second-order valence-electron chi connectivity index (χ2n) is 7.82. The highest BCUT2D eigenvalue weighted by molar-refractivity contribution is 7.92. The number of sulfonamides is 1. The molecule has 0 aliphatic rings. The first-order valence-corrected chi connectivity index (χ1v) is 13.0. The van der Waals surface area contributed by atoms with E-state index in [9.17, 15) is 18.0 Å². The normalized spacial score (nSPS) is 12.2. The largest absolute Gasteiger partial charge is 0.357 e. The Hall–Kier alpha value is -2.29. The van der Waals surface area contributed by atoms with Gasteiger partial charge in [-0.15, -0.1) is 0 Å². The van der Waals surface area contributed by atoms with Crippen molar-refractivity contribution in [1.82, 2.24) is 10.2 Å². The highest BCUT2D eigenvalue weighted by Crippen LogP contribution is 2.28. The lowest BCUT2D eigenvalue weighted by atomic mass is 10.1. The molecule has 0 saturated carbocycles. The van der Waals surface area contributed by atoms with Crippen molar-refractivity contribution in [3.05, 3.63) is 63.1 Å². The van der Waals surface area contributed by atoms with E-state index in [2.05, 4.69) is 5.32 Å². The number of hydrogen-bond donors (Lipinski definition) is 1. The summed E-state index contributed by atoms with van der Waals surface area (Å²) in [7, 11) is -2.30. The van der Waals surface area contributed by atoms with Crippen LogP contribution in [-0.4, -0.2) is 51.0 Å². The molecule has 0 bridgehead atoms. The average molecular weight is 514 g/mol. The first-order chi connectivity index (χ1) is 15.4. The van der Waals surface area contributed by atoms with Crippen molar-refractivity contribution in [3.63, 3.8) is 0 Å². The zero-order valence-electron chi connectivity index (χ0n) is 19.4. The van der Waals surface area contributed by atoms with Crippen molar-refractivity contribution >= 4 is 50.7 Å². The molecule has 1 atom stereocenters. The van der Waals surface area contributed by atoms with Gasteiger partial charge in [0.2, 0.25) is 21.8 Å². The molecule has 180 valence electrons. The number of halogens is 2. The minimum atomic E-state index is -3.79. The summed E-state index contributed by atoms with van der Waals surface area (Å²) in [6.07, 6.45) is 1.40. The number of nitrogens with one attached hydrogen (secondary N) is 1. The lowest BCUT2D eigenvalue weighted by Gasteiger charge is -2.33. The summed E-state index contributed by atoms with van der Waals surface area (Å²) in [5.41, 5.74) is 2.57. The van der Waals surface area contributed by atoms with E-state index in [0.29, 0.717) is 27.7 Å². The van der Waals surface area contributed by atoms with Crippen molar-refractivity contribution < 1.29 is 18.0 Å². The molecule has 0 radical (unpaired) electrons. The van der Waals surface area contributed by atoms with Crippen molar-refractivity contribution in [2.24, 2.45) is 0 Å². The van der Waals surface area contributed by atoms with Crippen LogP contribution in [0.25, 0.3) is 0 Å². The predicted molar refractivity (Wildman–Crippen MR) is 133 cm³/mol. The van der Waals surface area contributed by atoms with Crippen molar-refractivity contribution in [2.45, 2.75) is 39.8 Å². The van der Waals surface area contributed by atoms with Gasteiger partial charge in [-0.25, -0.2) is 8.42 Å². The quantitative estimate of drug-likeness (QED) is 0.550. The van der Waals surface area contributed by atoms with E-state index in [1.54, 1.807) is 51.1 Å². The molecule has 0 aliphatic carbocycles. The number of anilines is 1. The third-order valence-electron chi connectivity index (χ3n) is 5.34. The van der Waals surface area contributed by atoms with Gasteiger partial charge in [-0.1, -0.05) is 54.4 Å². The van der Waals surface area contributed by atoms with Crippen molar-refractivity contribution in [3.8, 4) is 0 Å². The molecule has 0 saturated heterocycles. The van der Waals surface area contributed by atoms with E-state index in [-0.39, 0.29) is 12.5 Å². The fourth-order valence-electron chi connectivity index (χ4n) is 3.70. The lowest BCUT2D eigenvalue weighted by molar-refractivity contribution is -0.140. The van der Waals surface area contributed by atoms with Gasteiger partial charge in [0.15, 0.2) is 0 Å². The SMILES string of the molecule is CC[C@@H](C(=O)NC)N(Cc1ccc(Cl)c(Cl)c1)C(=O)CN(c1c(C)cccc1C)S(C)(=O)=O. The van der Waals surface area contributed by atoms with Crippen LogP contribution in [0.4, 0.5) is 5.69 Å². The summed E-state index contributed by atoms with van der Waals surface area (Å²) >= 11 is 12.1. The van der Waals surface area contributed by atoms with Crippen LogP contribution in [0, 0.1) is 13.8 Å². The summed E-state index contributed by atoms with van der Waals surface area (Å²) < 4.78 is 26.5. The van der Waals surface area contributed by atoms with E-state index in [1.165, 1.54) is 11.9 Å². The fraction of sp³-hybridized carbons (Fsp3) is 0.391. The number of likely N-dealkylation sites (N-methyl/N-ethyl adjacent to an activating group) is 1. The molecule has 0 aromatic heterocycles. The Morgan fingerprint density at radius 3 is 2.15 bits per heavy atom. The van der Waals surface area contributed by atoms with Gasteiger partial charge in [-0.3, -0.25) is 13.9 Å². The Morgan fingerprint density at radius 1 is 1.06 bits per heavy atom. The second kappa shape index (κ2) is 11.2. The molecule has 2 rings (SSSR count). The molecule has 0 aliphatic heterocycles. The third-order valence-corrected chi connectivity index (χ3v) is 7.19. The van der Waals surface area contributed by atoms with E-state index < -0.39 is 28.5 Å². The molecular weight excluding hydrogens is 485 g/mol. The number of rotatable bonds is 9. The molecule has 0 spiro atoms. The molecule has 2 amide bonds. The van der Waals surface area contributed by atoms with E-state index in [0.717, 1.165) is 21.7 Å². The number of hydrogen-bond acceptors (Lipinski definition) is 4. The molecule has 33 heavy (non-hydrogen) atoms. The highest BCUT2D eigenvalue weighted by Gasteiger charge is 2.32. The Kier molecular flexibility index (Phi) is 9.17. The zero-order valence-corrected chi connectivity index (χ0v) is 21.7. The number of nitrogens with zero attached hydrogens (tertiary/aromatic N) is 2. The van der Waals surface area contributed by atoms with E-state index in [1.807, 2.05) is 6.07 Å². The molecule has 1 N–H and O–H groups in total. The van der Waals surface area contributed by atoms with Crippen LogP contribution in [0.3, 0.4) is 0 Å². The van der Waals surface area contributed by atoms with Crippen LogP contribution in [0.2, 0.25) is 10.0 Å². The maximum Gasteiger partial charge on any atom is 0.244 e. The maximum atomic E-state index is 13.6. The van der Waals surface area contributed by atoms with Gasteiger partial charge in [-0.05, 0) is 49.1 Å². The van der Waals surface area contributed by atoms with Crippen LogP contribution in [-0.2, 0) is 26.2 Å². The Bertz CT molecular complexity index is 1120. The lowest BCUT2D eigenvalue weighted by Crippen LogP contribution is -2.51. The molecule has 2 aromatic rings. The summed E-state index contributed by atoms with van der Waals surface area (Å²) in [6, 6.07) is 9.56. The van der Waals surface area contributed by atoms with E-state index in [4.69, 9.17) is 23.2 Å². The molecule has 0 unspecified atom stereocenters. The number of amides is 2. The van der Waals surface area contributed by atoms with Crippen LogP contribution in [0.15, 0.2) is 36.4 Å². The molecular formula is C23H29Cl2N3O4S. The maximum absolute atomic E-state index is 13.6. The van der Waals surface area contributed by atoms with Crippen molar-refractivity contribution in [1.29, 1.82) is 0 Å². The van der Waals surface area contributed by atoms with Crippen LogP contribution < -0.4 is 9.62 Å². The second-order valence-corrected chi connectivity index (χ2v) is 10.5. The number of aryl methyl sites for hydroxylation is 2. The molecule has 0 fully saturated rings. The van der Waals surface area contributed by atoms with Gasteiger partial charge >= 0.3 is 0 Å². The third kappa shape index (κ3) is 6.62. The predicted octanol–water partition coefficient (Wildman–Crippen LogP) is 3.93. The molecule has 7 nitrogen and oxygen atoms in total. The first-order valence-electron chi connectivity index (χ1n) is 10.4. The molecule has 2 aromatic carbocycles. The van der Waals surface area contributed by atoms with Crippen LogP contribution in [0.5, 0.6) is 0 Å². The minimum Gasteiger partial charge on any atom is -0.357 e. The van der Waals surface area contributed by atoms with Crippen LogP contribution in [0.1, 0.15) is 30.0 Å². The minimum absolute atomic E-state index is 0.0615. The Balaban J connectivity index is 2.51. The standard InChI is InChI=1S/C23H29Cl2N3O4S/c1-6-20(23(30)26-4)27(13-17-10-11-18(24)19(25)12-17)21(29)14-28(33(5,31)32)22-15(2)8-7-9-16(22)3/h7-12,20H,6,13-14H2,1-5H3,(H,26,30)/t20-/m0/s1. The summed E-state index contributed by atoms with van der Waals surface area (Å²) in [4.78, 5) is 27.5.